The summed E-state index contributed by atoms with van der Waals surface area (Å²) in [5, 5.41) is 2.75. The molecule has 142 valence electrons. The van der Waals surface area contributed by atoms with Crippen molar-refractivity contribution in [2.45, 2.75) is 6.54 Å². The molecule has 3 N–H and O–H groups in total. The maximum Gasteiger partial charge on any atom is 0.251 e. The van der Waals surface area contributed by atoms with Gasteiger partial charge in [0.25, 0.3) is 5.91 Å². The average molecular weight is 443 g/mol. The molecule has 0 atom stereocenters. The lowest BCUT2D eigenvalue weighted by Crippen LogP contribution is -2.22. The van der Waals surface area contributed by atoms with Gasteiger partial charge in [-0.2, -0.15) is 0 Å². The van der Waals surface area contributed by atoms with Gasteiger partial charge in [-0.25, -0.2) is 4.39 Å². The molecule has 7 heteroatoms. The lowest BCUT2D eigenvalue weighted by molar-refractivity contribution is 0.0949. The number of rotatable bonds is 6. The van der Waals surface area contributed by atoms with Crippen molar-refractivity contribution in [2.75, 3.05) is 0 Å². The Kier molecular flexibility index (Phi) is 6.06. The van der Waals surface area contributed by atoms with E-state index in [1.54, 1.807) is 54.6 Å². The summed E-state index contributed by atoms with van der Waals surface area (Å²) in [7, 11) is 0. The molecular weight excluding hydrogens is 427 g/mol. The Labute approximate surface area is 169 Å². The number of carbonyl (C=O) groups is 2. The number of nitrogens with one attached hydrogen (secondary N) is 1. The first kappa shape index (κ1) is 19.6. The van der Waals surface area contributed by atoms with Gasteiger partial charge in [-0.3, -0.25) is 9.59 Å². The van der Waals surface area contributed by atoms with E-state index in [-0.39, 0.29) is 18.3 Å². The third-order valence-corrected chi connectivity index (χ3v) is 4.71. The van der Waals surface area contributed by atoms with Crippen LogP contribution in [-0.2, 0) is 6.54 Å². The van der Waals surface area contributed by atoms with Crippen LogP contribution in [0.4, 0.5) is 4.39 Å². The van der Waals surface area contributed by atoms with Crippen LogP contribution in [0, 0.1) is 5.82 Å². The van der Waals surface area contributed by atoms with Gasteiger partial charge in [0.05, 0.1) is 0 Å². The van der Waals surface area contributed by atoms with Crippen molar-refractivity contribution >= 4 is 27.7 Å². The lowest BCUT2D eigenvalue weighted by Gasteiger charge is -2.09. The number of hydrogen-bond acceptors (Lipinski definition) is 3. The van der Waals surface area contributed by atoms with E-state index >= 15 is 0 Å². The van der Waals surface area contributed by atoms with Crippen molar-refractivity contribution in [3.8, 4) is 11.5 Å². The first-order chi connectivity index (χ1) is 13.4. The Morgan fingerprint density at radius 3 is 2.07 bits per heavy atom. The van der Waals surface area contributed by atoms with Crippen molar-refractivity contribution in [3.05, 3.63) is 93.7 Å². The zero-order valence-corrected chi connectivity index (χ0v) is 16.2. The van der Waals surface area contributed by atoms with Gasteiger partial charge in [-0.05, 0) is 72.3 Å². The molecule has 3 rings (SSSR count). The number of halogens is 2. The van der Waals surface area contributed by atoms with Crippen LogP contribution in [0.3, 0.4) is 0 Å². The van der Waals surface area contributed by atoms with Crippen LogP contribution >= 0.6 is 15.9 Å². The highest BCUT2D eigenvalue weighted by molar-refractivity contribution is 9.10. The zero-order valence-electron chi connectivity index (χ0n) is 14.6. The summed E-state index contributed by atoms with van der Waals surface area (Å²) in [6.45, 7) is 0.196. The maximum absolute atomic E-state index is 13.3. The fraction of sp³-hybridized carbons (Fsp3) is 0.0476. The second-order valence-corrected chi connectivity index (χ2v) is 6.79. The Balaban J connectivity index is 1.60. The number of amides is 2. The normalized spacial score (nSPS) is 10.4. The van der Waals surface area contributed by atoms with Gasteiger partial charge in [0.1, 0.15) is 17.3 Å². The summed E-state index contributed by atoms with van der Waals surface area (Å²) in [6.07, 6.45) is 0. The van der Waals surface area contributed by atoms with E-state index in [0.717, 1.165) is 4.47 Å². The highest BCUT2D eigenvalue weighted by Crippen LogP contribution is 2.22. The fourth-order valence-corrected chi connectivity index (χ4v) is 2.84. The zero-order chi connectivity index (χ0) is 20.1. The van der Waals surface area contributed by atoms with Crippen LogP contribution in [0.25, 0.3) is 0 Å². The summed E-state index contributed by atoms with van der Waals surface area (Å²) in [6, 6.07) is 17.3. The van der Waals surface area contributed by atoms with Crippen molar-refractivity contribution in [2.24, 2.45) is 5.73 Å². The molecule has 5 nitrogen and oxygen atoms in total. The summed E-state index contributed by atoms with van der Waals surface area (Å²) in [4.78, 5) is 23.4. The first-order valence-corrected chi connectivity index (χ1v) is 9.11. The third-order valence-electron chi connectivity index (χ3n) is 3.94. The topological polar surface area (TPSA) is 81.4 Å². The van der Waals surface area contributed by atoms with E-state index in [2.05, 4.69) is 21.2 Å². The first-order valence-electron chi connectivity index (χ1n) is 8.32. The predicted octanol–water partition coefficient (Wildman–Crippen LogP) is 4.41. The quantitative estimate of drug-likeness (QED) is 0.592. The van der Waals surface area contributed by atoms with Crippen LogP contribution in [0.1, 0.15) is 26.3 Å². The maximum atomic E-state index is 13.3. The van der Waals surface area contributed by atoms with Crippen LogP contribution < -0.4 is 15.8 Å². The minimum atomic E-state index is -0.507. The van der Waals surface area contributed by atoms with E-state index in [0.29, 0.717) is 28.2 Å². The fourth-order valence-electron chi connectivity index (χ4n) is 2.45. The molecule has 0 radical (unpaired) electrons. The lowest BCUT2D eigenvalue weighted by atomic mass is 10.2. The molecule has 0 saturated heterocycles. The molecular formula is C21H16BrFN2O3. The molecule has 0 heterocycles. The van der Waals surface area contributed by atoms with Gasteiger partial charge in [0, 0.05) is 22.1 Å². The van der Waals surface area contributed by atoms with E-state index in [4.69, 9.17) is 10.5 Å². The molecule has 0 saturated carbocycles. The molecule has 2 amide bonds. The third kappa shape index (κ3) is 4.95. The van der Waals surface area contributed by atoms with Crippen LogP contribution in [0.15, 0.2) is 71.2 Å². The Hall–Kier alpha value is -3.19. The SMILES string of the molecule is NC(=O)c1ccc(Oc2ccc(C(=O)NCc3cc(F)ccc3Br)cc2)cc1. The molecule has 0 fully saturated rings. The molecule has 0 bridgehead atoms. The predicted molar refractivity (Wildman–Crippen MR) is 107 cm³/mol. The molecule has 0 aliphatic heterocycles. The molecule has 0 aliphatic carbocycles. The smallest absolute Gasteiger partial charge is 0.251 e. The standard InChI is InChI=1S/C21H16BrFN2O3/c22-19-10-5-16(23)11-15(19)12-25-21(27)14-3-8-18(9-4-14)28-17-6-1-13(2-7-17)20(24)26/h1-11H,12H2,(H2,24,26)(H,25,27). The van der Waals surface area contributed by atoms with Crippen LogP contribution in [0.5, 0.6) is 11.5 Å². The second kappa shape index (κ2) is 8.67. The van der Waals surface area contributed by atoms with Crippen molar-refractivity contribution in [1.82, 2.24) is 5.32 Å². The highest BCUT2D eigenvalue weighted by atomic mass is 79.9. The summed E-state index contributed by atoms with van der Waals surface area (Å²) in [5.74, 6) is -0.0760. The Bertz CT molecular complexity index is 1010. The van der Waals surface area contributed by atoms with Gasteiger partial charge in [0.15, 0.2) is 0 Å². The molecule has 0 unspecified atom stereocenters. The van der Waals surface area contributed by atoms with E-state index in [9.17, 15) is 14.0 Å². The monoisotopic (exact) mass is 442 g/mol. The van der Waals surface area contributed by atoms with Crippen molar-refractivity contribution < 1.29 is 18.7 Å². The number of nitrogens with two attached hydrogens (primary N) is 1. The molecule has 0 spiro atoms. The number of primary amides is 1. The number of carbonyl (C=O) groups excluding carboxylic acids is 2. The Morgan fingerprint density at radius 1 is 0.929 bits per heavy atom. The van der Waals surface area contributed by atoms with Gasteiger partial charge in [0.2, 0.25) is 5.91 Å². The highest BCUT2D eigenvalue weighted by Gasteiger charge is 2.08. The summed E-state index contributed by atoms with van der Waals surface area (Å²) in [5.41, 5.74) is 6.69. The second-order valence-electron chi connectivity index (χ2n) is 5.93. The molecule has 0 aromatic heterocycles. The summed E-state index contributed by atoms with van der Waals surface area (Å²) < 4.78 is 19.7. The van der Waals surface area contributed by atoms with Gasteiger partial charge < -0.3 is 15.8 Å². The van der Waals surface area contributed by atoms with E-state index in [1.807, 2.05) is 0 Å². The average Bonchev–Trinajstić information content (AvgIpc) is 2.69. The minimum Gasteiger partial charge on any atom is -0.457 e. The summed E-state index contributed by atoms with van der Waals surface area (Å²) >= 11 is 3.33. The largest absolute Gasteiger partial charge is 0.457 e. The molecule has 3 aromatic carbocycles. The Morgan fingerprint density at radius 2 is 1.50 bits per heavy atom. The molecule has 28 heavy (non-hydrogen) atoms. The van der Waals surface area contributed by atoms with Crippen molar-refractivity contribution in [1.29, 1.82) is 0 Å². The van der Waals surface area contributed by atoms with E-state index in [1.165, 1.54) is 12.1 Å². The van der Waals surface area contributed by atoms with E-state index < -0.39 is 5.91 Å². The minimum absolute atomic E-state index is 0.196. The number of hydrogen-bond donors (Lipinski definition) is 2. The molecule has 0 aliphatic rings. The number of ether oxygens (including phenoxy) is 1. The van der Waals surface area contributed by atoms with Crippen LogP contribution in [0.2, 0.25) is 0 Å². The van der Waals surface area contributed by atoms with Crippen LogP contribution in [-0.4, -0.2) is 11.8 Å². The number of benzene rings is 3. The van der Waals surface area contributed by atoms with Crippen molar-refractivity contribution in [3.63, 3.8) is 0 Å². The molecule has 3 aromatic rings. The van der Waals surface area contributed by atoms with Gasteiger partial charge in [-0.15, -0.1) is 0 Å². The van der Waals surface area contributed by atoms with Gasteiger partial charge >= 0.3 is 0 Å². The van der Waals surface area contributed by atoms with Gasteiger partial charge in [-0.1, -0.05) is 15.9 Å².